The quantitative estimate of drug-likeness (QED) is 0.891. The summed E-state index contributed by atoms with van der Waals surface area (Å²) < 4.78 is 0. The fraction of sp³-hybridized carbons (Fsp3) is 0.467. The summed E-state index contributed by atoms with van der Waals surface area (Å²) in [5, 5.41) is 11.3. The van der Waals surface area contributed by atoms with Crippen LogP contribution in [-0.2, 0) is 0 Å². The van der Waals surface area contributed by atoms with Crippen molar-refractivity contribution in [2.24, 2.45) is 5.92 Å². The Bertz CT molecular complexity index is 634. The molecule has 1 aliphatic rings. The van der Waals surface area contributed by atoms with Gasteiger partial charge in [0.1, 0.15) is 0 Å². The normalized spacial score (nSPS) is 18.9. The summed E-state index contributed by atoms with van der Waals surface area (Å²) in [6.45, 7) is 4.63. The Balaban J connectivity index is 1.84. The molecule has 2 heterocycles. The molecule has 0 spiro atoms. The van der Waals surface area contributed by atoms with E-state index in [9.17, 15) is 4.79 Å². The molecule has 1 aromatic carbocycles. The molecule has 1 fully saturated rings. The zero-order valence-electron chi connectivity index (χ0n) is 11.9. The molecule has 1 atom stereocenters. The van der Waals surface area contributed by atoms with Crippen molar-refractivity contribution in [1.29, 1.82) is 0 Å². The topological polar surface area (TPSA) is 61.0 Å². The summed E-state index contributed by atoms with van der Waals surface area (Å²) in [6.07, 6.45) is 1.06. The number of carbonyl (C=O) groups is 1. The van der Waals surface area contributed by atoms with Gasteiger partial charge in [-0.15, -0.1) is 0 Å². The molecule has 20 heavy (non-hydrogen) atoms. The average molecular weight is 272 g/mol. The van der Waals surface area contributed by atoms with Crippen molar-refractivity contribution < 1.29 is 4.79 Å². The Morgan fingerprint density at radius 3 is 3.20 bits per heavy atom. The van der Waals surface area contributed by atoms with E-state index in [1.165, 1.54) is 0 Å². The van der Waals surface area contributed by atoms with E-state index in [1.54, 1.807) is 0 Å². The van der Waals surface area contributed by atoms with E-state index in [2.05, 4.69) is 15.5 Å². The monoisotopic (exact) mass is 272 g/mol. The first-order valence-electron chi connectivity index (χ1n) is 7.07. The van der Waals surface area contributed by atoms with Crippen molar-refractivity contribution in [2.75, 3.05) is 26.7 Å². The lowest BCUT2D eigenvalue weighted by Gasteiger charge is -2.15. The number of amides is 1. The number of fused-ring (bicyclic) bond motifs is 1. The standard InChI is InChI=1S/C15H20N4O/c1-10-3-4-13-12(7-10)14(18-17-13)15(20)19-6-5-11(9-19)8-16-2/h3-4,7,11,16H,5-6,8-9H2,1-2H3,(H,17,18)/t11-/m0/s1. The first-order valence-corrected chi connectivity index (χ1v) is 7.07. The van der Waals surface area contributed by atoms with Crippen LogP contribution in [0.3, 0.4) is 0 Å². The summed E-state index contributed by atoms with van der Waals surface area (Å²) in [7, 11) is 1.95. The van der Waals surface area contributed by atoms with Crippen molar-refractivity contribution in [3.8, 4) is 0 Å². The SMILES string of the molecule is CNC[C@@H]1CCN(C(=O)c2n[nH]c3ccc(C)cc23)C1. The number of H-pyrrole nitrogens is 1. The van der Waals surface area contributed by atoms with E-state index in [4.69, 9.17) is 0 Å². The molecule has 0 saturated carbocycles. The third-order valence-corrected chi connectivity index (χ3v) is 3.99. The molecule has 0 aliphatic carbocycles. The number of hydrogen-bond acceptors (Lipinski definition) is 3. The minimum absolute atomic E-state index is 0.0421. The number of rotatable bonds is 3. The lowest BCUT2D eigenvalue weighted by molar-refractivity contribution is 0.0783. The smallest absolute Gasteiger partial charge is 0.275 e. The molecule has 1 amide bonds. The van der Waals surface area contributed by atoms with Gasteiger partial charge < -0.3 is 10.2 Å². The van der Waals surface area contributed by atoms with Gasteiger partial charge in [0.25, 0.3) is 5.91 Å². The molecule has 1 saturated heterocycles. The number of likely N-dealkylation sites (tertiary alicyclic amines) is 1. The van der Waals surface area contributed by atoms with E-state index in [0.29, 0.717) is 11.6 Å². The van der Waals surface area contributed by atoms with Crippen LogP contribution < -0.4 is 5.32 Å². The third-order valence-electron chi connectivity index (χ3n) is 3.99. The van der Waals surface area contributed by atoms with Gasteiger partial charge in [0.15, 0.2) is 5.69 Å². The van der Waals surface area contributed by atoms with Gasteiger partial charge in [-0.05, 0) is 45.0 Å². The number of hydrogen-bond donors (Lipinski definition) is 2. The Labute approximate surface area is 118 Å². The Morgan fingerprint density at radius 2 is 2.40 bits per heavy atom. The first-order chi connectivity index (χ1) is 9.69. The van der Waals surface area contributed by atoms with E-state index in [-0.39, 0.29) is 5.91 Å². The average Bonchev–Trinajstić information content (AvgIpc) is 3.05. The van der Waals surface area contributed by atoms with Crippen LogP contribution >= 0.6 is 0 Å². The van der Waals surface area contributed by atoms with E-state index in [0.717, 1.165) is 42.5 Å². The molecular weight excluding hydrogens is 252 g/mol. The maximum Gasteiger partial charge on any atom is 0.275 e. The van der Waals surface area contributed by atoms with Gasteiger partial charge in [-0.1, -0.05) is 11.6 Å². The van der Waals surface area contributed by atoms with Gasteiger partial charge >= 0.3 is 0 Å². The van der Waals surface area contributed by atoms with Crippen molar-refractivity contribution in [1.82, 2.24) is 20.4 Å². The molecule has 2 N–H and O–H groups in total. The van der Waals surface area contributed by atoms with Crippen molar-refractivity contribution >= 4 is 16.8 Å². The highest BCUT2D eigenvalue weighted by molar-refractivity contribution is 6.04. The van der Waals surface area contributed by atoms with Gasteiger partial charge in [0.2, 0.25) is 0 Å². The summed E-state index contributed by atoms with van der Waals surface area (Å²) in [6, 6.07) is 6.02. The molecule has 106 valence electrons. The maximum atomic E-state index is 12.6. The molecule has 0 radical (unpaired) electrons. The molecule has 0 unspecified atom stereocenters. The van der Waals surface area contributed by atoms with Crippen LogP contribution in [0.5, 0.6) is 0 Å². The molecular formula is C15H20N4O. The second-order valence-corrected chi connectivity index (χ2v) is 5.58. The molecule has 3 rings (SSSR count). The third kappa shape index (κ3) is 2.29. The zero-order chi connectivity index (χ0) is 14.1. The molecule has 5 nitrogen and oxygen atoms in total. The van der Waals surface area contributed by atoms with Gasteiger partial charge in [-0.25, -0.2) is 0 Å². The fourth-order valence-electron chi connectivity index (χ4n) is 2.91. The number of carbonyl (C=O) groups excluding carboxylic acids is 1. The number of aromatic nitrogens is 2. The minimum Gasteiger partial charge on any atom is -0.337 e. The Kier molecular flexibility index (Phi) is 3.44. The molecule has 1 aromatic heterocycles. The van der Waals surface area contributed by atoms with Crippen LogP contribution in [0.15, 0.2) is 18.2 Å². The Hall–Kier alpha value is -1.88. The second-order valence-electron chi connectivity index (χ2n) is 5.58. The van der Waals surface area contributed by atoms with Gasteiger partial charge in [0.05, 0.1) is 5.52 Å². The predicted molar refractivity (Wildman–Crippen MR) is 78.8 cm³/mol. The summed E-state index contributed by atoms with van der Waals surface area (Å²) in [5.41, 5.74) is 2.61. The number of aryl methyl sites for hydroxylation is 1. The van der Waals surface area contributed by atoms with E-state index in [1.807, 2.05) is 37.1 Å². The van der Waals surface area contributed by atoms with Crippen LogP contribution in [-0.4, -0.2) is 47.7 Å². The van der Waals surface area contributed by atoms with Crippen molar-refractivity contribution in [3.63, 3.8) is 0 Å². The van der Waals surface area contributed by atoms with E-state index >= 15 is 0 Å². The van der Waals surface area contributed by atoms with Crippen LogP contribution in [0.25, 0.3) is 10.9 Å². The summed E-state index contributed by atoms with van der Waals surface area (Å²) >= 11 is 0. The second kappa shape index (κ2) is 5.25. The van der Waals surface area contributed by atoms with Gasteiger partial charge in [0, 0.05) is 18.5 Å². The molecule has 2 aromatic rings. The van der Waals surface area contributed by atoms with E-state index < -0.39 is 0 Å². The number of aromatic amines is 1. The molecule has 0 bridgehead atoms. The van der Waals surface area contributed by atoms with Crippen LogP contribution in [0.4, 0.5) is 0 Å². The molecule has 1 aliphatic heterocycles. The van der Waals surface area contributed by atoms with Crippen molar-refractivity contribution in [3.05, 3.63) is 29.5 Å². The van der Waals surface area contributed by atoms with Gasteiger partial charge in [-0.3, -0.25) is 9.89 Å². The lowest BCUT2D eigenvalue weighted by atomic mass is 10.1. The highest BCUT2D eigenvalue weighted by Crippen LogP contribution is 2.22. The first kappa shape index (κ1) is 13.1. The number of nitrogens with one attached hydrogen (secondary N) is 2. The highest BCUT2D eigenvalue weighted by Gasteiger charge is 2.28. The maximum absolute atomic E-state index is 12.6. The largest absolute Gasteiger partial charge is 0.337 e. The minimum atomic E-state index is 0.0421. The van der Waals surface area contributed by atoms with Crippen LogP contribution in [0.1, 0.15) is 22.5 Å². The van der Waals surface area contributed by atoms with Gasteiger partial charge in [-0.2, -0.15) is 5.10 Å². The lowest BCUT2D eigenvalue weighted by Crippen LogP contribution is -2.30. The predicted octanol–water partition coefficient (Wildman–Crippen LogP) is 1.55. The Morgan fingerprint density at radius 1 is 1.55 bits per heavy atom. The number of benzene rings is 1. The van der Waals surface area contributed by atoms with Crippen molar-refractivity contribution in [2.45, 2.75) is 13.3 Å². The van der Waals surface area contributed by atoms with Crippen LogP contribution in [0, 0.1) is 12.8 Å². The zero-order valence-corrected chi connectivity index (χ0v) is 11.9. The number of nitrogens with zero attached hydrogens (tertiary/aromatic N) is 2. The summed E-state index contributed by atoms with van der Waals surface area (Å²) in [5.74, 6) is 0.594. The van der Waals surface area contributed by atoms with Crippen LogP contribution in [0.2, 0.25) is 0 Å². The summed E-state index contributed by atoms with van der Waals surface area (Å²) in [4.78, 5) is 14.5. The highest BCUT2D eigenvalue weighted by atomic mass is 16.2. The fourth-order valence-corrected chi connectivity index (χ4v) is 2.91. The molecule has 5 heteroatoms.